The zero-order valence-corrected chi connectivity index (χ0v) is 13.8. The molecule has 0 aliphatic carbocycles. The average molecular weight is 296 g/mol. The van der Waals surface area contributed by atoms with Crippen molar-refractivity contribution in [2.75, 3.05) is 0 Å². The fourth-order valence-electron chi connectivity index (χ4n) is 2.54. The monoisotopic (exact) mass is 296 g/mol. The Morgan fingerprint density at radius 2 is 1.76 bits per heavy atom. The lowest BCUT2D eigenvalue weighted by atomic mass is 10.00. The van der Waals surface area contributed by atoms with E-state index in [2.05, 4.69) is 68.0 Å². The van der Waals surface area contributed by atoms with Crippen LogP contribution in [0.1, 0.15) is 27.8 Å². The lowest BCUT2D eigenvalue weighted by Gasteiger charge is -2.11. The molecule has 0 amide bonds. The minimum absolute atomic E-state index is 0.956. The highest BCUT2D eigenvalue weighted by Gasteiger charge is 2.08. The third-order valence-corrected chi connectivity index (χ3v) is 4.97. The van der Waals surface area contributed by atoms with Crippen molar-refractivity contribution in [3.05, 3.63) is 58.1 Å². The fraction of sp³-hybridized carbons (Fsp3) is 0.278. The summed E-state index contributed by atoms with van der Waals surface area (Å²) in [6, 6.07) is 10.7. The number of hydrogen-bond acceptors (Lipinski definition) is 2. The van der Waals surface area contributed by atoms with Gasteiger partial charge in [0.25, 0.3) is 0 Å². The molecule has 0 atom stereocenters. The number of nitrogens with one attached hydrogen (secondary N) is 1. The lowest BCUT2D eigenvalue weighted by molar-refractivity contribution is 1.07. The number of nitrogens with zero attached hydrogens (tertiary/aromatic N) is 1. The van der Waals surface area contributed by atoms with Gasteiger partial charge in [-0.1, -0.05) is 30.0 Å². The summed E-state index contributed by atoms with van der Waals surface area (Å²) in [7, 11) is 0. The highest BCUT2D eigenvalue weighted by Crippen LogP contribution is 2.27. The van der Waals surface area contributed by atoms with Gasteiger partial charge in [0, 0.05) is 5.75 Å². The number of aryl methyl sites for hydroxylation is 3. The van der Waals surface area contributed by atoms with E-state index >= 15 is 0 Å². The second-order valence-electron chi connectivity index (χ2n) is 5.65. The maximum absolute atomic E-state index is 4.66. The van der Waals surface area contributed by atoms with E-state index in [4.69, 9.17) is 0 Å². The van der Waals surface area contributed by atoms with E-state index in [-0.39, 0.29) is 0 Å². The molecule has 0 saturated heterocycles. The summed E-state index contributed by atoms with van der Waals surface area (Å²) in [5.74, 6) is 0.956. The van der Waals surface area contributed by atoms with Crippen LogP contribution in [-0.2, 0) is 5.75 Å². The van der Waals surface area contributed by atoms with Crippen molar-refractivity contribution < 1.29 is 0 Å². The Labute approximate surface area is 130 Å². The predicted octanol–water partition coefficient (Wildman–Crippen LogP) is 5.09. The van der Waals surface area contributed by atoms with Gasteiger partial charge in [0.1, 0.15) is 0 Å². The van der Waals surface area contributed by atoms with Gasteiger partial charge in [-0.2, -0.15) is 0 Å². The van der Waals surface area contributed by atoms with Gasteiger partial charge in [0.2, 0.25) is 0 Å². The maximum atomic E-state index is 4.66. The van der Waals surface area contributed by atoms with Crippen LogP contribution >= 0.6 is 11.8 Å². The molecule has 1 heterocycles. The van der Waals surface area contributed by atoms with Crippen molar-refractivity contribution in [3.8, 4) is 0 Å². The first-order valence-electron chi connectivity index (χ1n) is 7.19. The van der Waals surface area contributed by atoms with Crippen molar-refractivity contribution in [1.82, 2.24) is 9.97 Å². The molecule has 0 fully saturated rings. The Hall–Kier alpha value is -1.74. The summed E-state index contributed by atoms with van der Waals surface area (Å²) in [5.41, 5.74) is 8.96. The average Bonchev–Trinajstić information content (AvgIpc) is 2.85. The third kappa shape index (κ3) is 2.84. The van der Waals surface area contributed by atoms with Crippen LogP contribution in [0.25, 0.3) is 11.0 Å². The van der Waals surface area contributed by atoms with Crippen LogP contribution in [0.3, 0.4) is 0 Å². The van der Waals surface area contributed by atoms with Crippen LogP contribution in [0.2, 0.25) is 0 Å². The largest absolute Gasteiger partial charge is 0.333 e. The maximum Gasteiger partial charge on any atom is 0.166 e. The quantitative estimate of drug-likeness (QED) is 0.682. The van der Waals surface area contributed by atoms with E-state index in [0.717, 1.165) is 21.9 Å². The normalized spacial score (nSPS) is 11.2. The van der Waals surface area contributed by atoms with Gasteiger partial charge >= 0.3 is 0 Å². The van der Waals surface area contributed by atoms with Crippen LogP contribution in [0.4, 0.5) is 0 Å². The van der Waals surface area contributed by atoms with E-state index in [1.54, 1.807) is 11.8 Å². The number of H-pyrrole nitrogens is 1. The standard InChI is InChI=1S/C18H20N2S/c1-11-5-8-16-17(9-11)20-18(19-16)21-10-15-13(3)7-6-12(2)14(15)4/h5-9H,10H2,1-4H3,(H,19,20). The number of hydrogen-bond donors (Lipinski definition) is 1. The Morgan fingerprint density at radius 1 is 1.00 bits per heavy atom. The molecule has 0 radical (unpaired) electrons. The molecule has 0 saturated carbocycles. The van der Waals surface area contributed by atoms with Crippen LogP contribution in [0.15, 0.2) is 35.5 Å². The summed E-state index contributed by atoms with van der Waals surface area (Å²) in [5, 5.41) is 0.996. The fourth-order valence-corrected chi connectivity index (χ4v) is 3.61. The van der Waals surface area contributed by atoms with Crippen molar-refractivity contribution >= 4 is 22.8 Å². The molecule has 3 aromatic rings. The minimum atomic E-state index is 0.956. The highest BCUT2D eigenvalue weighted by atomic mass is 32.2. The van der Waals surface area contributed by atoms with Crippen LogP contribution < -0.4 is 0 Å². The van der Waals surface area contributed by atoms with Crippen LogP contribution in [0, 0.1) is 27.7 Å². The number of thioether (sulfide) groups is 1. The molecule has 0 bridgehead atoms. The smallest absolute Gasteiger partial charge is 0.166 e. The first-order valence-corrected chi connectivity index (χ1v) is 8.18. The molecule has 108 valence electrons. The number of benzene rings is 2. The molecule has 0 spiro atoms. The molecular formula is C18H20N2S. The lowest BCUT2D eigenvalue weighted by Crippen LogP contribution is -1.94. The second kappa shape index (κ2) is 5.57. The van der Waals surface area contributed by atoms with Gasteiger partial charge in [-0.3, -0.25) is 0 Å². The van der Waals surface area contributed by atoms with Gasteiger partial charge in [-0.25, -0.2) is 4.98 Å². The van der Waals surface area contributed by atoms with Crippen LogP contribution in [0.5, 0.6) is 0 Å². The van der Waals surface area contributed by atoms with Gasteiger partial charge in [-0.15, -0.1) is 0 Å². The highest BCUT2D eigenvalue weighted by molar-refractivity contribution is 7.98. The predicted molar refractivity (Wildman–Crippen MR) is 91.0 cm³/mol. The number of rotatable bonds is 3. The third-order valence-electron chi connectivity index (χ3n) is 4.07. The topological polar surface area (TPSA) is 28.7 Å². The summed E-state index contributed by atoms with van der Waals surface area (Å²) in [6.07, 6.45) is 0. The molecule has 3 rings (SSSR count). The van der Waals surface area contributed by atoms with E-state index in [1.165, 1.54) is 27.8 Å². The van der Waals surface area contributed by atoms with Gasteiger partial charge in [0.05, 0.1) is 11.0 Å². The van der Waals surface area contributed by atoms with E-state index in [0.29, 0.717) is 0 Å². The molecule has 3 heteroatoms. The number of aromatic amines is 1. The van der Waals surface area contributed by atoms with Crippen molar-refractivity contribution in [1.29, 1.82) is 0 Å². The zero-order valence-electron chi connectivity index (χ0n) is 12.9. The molecule has 2 aromatic carbocycles. The number of imidazole rings is 1. The van der Waals surface area contributed by atoms with E-state index < -0.39 is 0 Å². The van der Waals surface area contributed by atoms with Crippen molar-refractivity contribution in [3.63, 3.8) is 0 Å². The second-order valence-corrected chi connectivity index (χ2v) is 6.62. The Morgan fingerprint density at radius 3 is 2.57 bits per heavy atom. The summed E-state index contributed by atoms with van der Waals surface area (Å²) in [6.45, 7) is 8.67. The Balaban J connectivity index is 1.85. The van der Waals surface area contributed by atoms with Gasteiger partial charge < -0.3 is 4.98 Å². The minimum Gasteiger partial charge on any atom is -0.333 e. The number of aromatic nitrogens is 2. The molecule has 0 unspecified atom stereocenters. The molecule has 21 heavy (non-hydrogen) atoms. The molecule has 0 aliphatic rings. The first kappa shape index (κ1) is 14.2. The Kier molecular flexibility index (Phi) is 3.77. The van der Waals surface area contributed by atoms with E-state index in [1.807, 2.05) is 0 Å². The SMILES string of the molecule is Cc1ccc2nc(SCc3c(C)ccc(C)c3C)[nH]c2c1. The first-order chi connectivity index (χ1) is 10.0. The molecule has 0 aliphatic heterocycles. The van der Waals surface area contributed by atoms with Crippen molar-refractivity contribution in [2.45, 2.75) is 38.6 Å². The summed E-state index contributed by atoms with van der Waals surface area (Å²) >= 11 is 1.78. The molecule has 1 N–H and O–H groups in total. The molecular weight excluding hydrogens is 276 g/mol. The van der Waals surface area contributed by atoms with Crippen molar-refractivity contribution in [2.24, 2.45) is 0 Å². The Bertz CT molecular complexity index is 802. The van der Waals surface area contributed by atoms with Gasteiger partial charge in [0.15, 0.2) is 5.16 Å². The molecule has 2 nitrogen and oxygen atoms in total. The van der Waals surface area contributed by atoms with Gasteiger partial charge in [-0.05, 0) is 67.6 Å². The zero-order chi connectivity index (χ0) is 15.0. The van der Waals surface area contributed by atoms with E-state index in [9.17, 15) is 0 Å². The summed E-state index contributed by atoms with van der Waals surface area (Å²) in [4.78, 5) is 8.07. The molecule has 1 aromatic heterocycles. The summed E-state index contributed by atoms with van der Waals surface area (Å²) < 4.78 is 0. The number of fused-ring (bicyclic) bond motifs is 1. The van der Waals surface area contributed by atoms with Crippen LogP contribution in [-0.4, -0.2) is 9.97 Å².